The average molecular weight is 359 g/mol. The molecule has 0 aliphatic carbocycles. The van der Waals surface area contributed by atoms with Crippen LogP contribution in [0.5, 0.6) is 0 Å². The molecule has 2 rings (SSSR count). The number of rotatable bonds is 5. The highest BCUT2D eigenvalue weighted by atomic mass is 79.9. The third kappa shape index (κ3) is 3.63. The molecule has 1 aromatic carbocycles. The van der Waals surface area contributed by atoms with Crippen LogP contribution < -0.4 is 5.32 Å². The van der Waals surface area contributed by atoms with E-state index in [4.69, 9.17) is 0 Å². The zero-order valence-electron chi connectivity index (χ0n) is 11.3. The second-order valence-electron chi connectivity index (χ2n) is 4.53. The van der Waals surface area contributed by atoms with Gasteiger partial charge < -0.3 is 5.32 Å². The van der Waals surface area contributed by atoms with E-state index in [9.17, 15) is 13.2 Å². The van der Waals surface area contributed by atoms with E-state index in [2.05, 4.69) is 26.2 Å². The van der Waals surface area contributed by atoms with Gasteiger partial charge in [-0.25, -0.2) is 13.2 Å². The van der Waals surface area contributed by atoms with Crippen molar-refractivity contribution in [3.63, 3.8) is 0 Å². The SMILES string of the molecule is CCNC(Cc1c(F)ccc(Br)c1F)c1ccncc1F. The molecule has 0 bridgehead atoms. The number of pyridine rings is 1. The van der Waals surface area contributed by atoms with Crippen molar-refractivity contribution >= 4 is 15.9 Å². The highest BCUT2D eigenvalue weighted by Gasteiger charge is 2.20. The molecule has 0 aliphatic rings. The quantitative estimate of drug-likeness (QED) is 0.812. The normalized spacial score (nSPS) is 12.4. The minimum Gasteiger partial charge on any atom is -0.310 e. The lowest BCUT2D eigenvalue weighted by atomic mass is 9.98. The van der Waals surface area contributed by atoms with Crippen LogP contribution in [-0.4, -0.2) is 11.5 Å². The number of hydrogen-bond acceptors (Lipinski definition) is 2. The van der Waals surface area contributed by atoms with E-state index in [1.54, 1.807) is 0 Å². The number of hydrogen-bond donors (Lipinski definition) is 1. The molecule has 0 aliphatic heterocycles. The van der Waals surface area contributed by atoms with Crippen LogP contribution in [0.1, 0.15) is 24.1 Å². The number of halogens is 4. The summed E-state index contributed by atoms with van der Waals surface area (Å²) in [5.74, 6) is -1.81. The van der Waals surface area contributed by atoms with Crippen LogP contribution in [0.2, 0.25) is 0 Å². The van der Waals surface area contributed by atoms with Crippen molar-refractivity contribution in [1.29, 1.82) is 0 Å². The van der Waals surface area contributed by atoms with Crippen molar-refractivity contribution in [2.24, 2.45) is 0 Å². The zero-order chi connectivity index (χ0) is 15.4. The van der Waals surface area contributed by atoms with Crippen molar-refractivity contribution in [3.8, 4) is 0 Å². The summed E-state index contributed by atoms with van der Waals surface area (Å²) in [7, 11) is 0. The Morgan fingerprint density at radius 2 is 1.95 bits per heavy atom. The van der Waals surface area contributed by atoms with E-state index in [-0.39, 0.29) is 16.5 Å². The monoisotopic (exact) mass is 358 g/mol. The Kier molecular flexibility index (Phi) is 5.36. The Balaban J connectivity index is 2.38. The second-order valence-corrected chi connectivity index (χ2v) is 5.39. The smallest absolute Gasteiger partial charge is 0.146 e. The molecule has 1 unspecified atom stereocenters. The Morgan fingerprint density at radius 1 is 1.19 bits per heavy atom. The van der Waals surface area contributed by atoms with Crippen molar-refractivity contribution < 1.29 is 13.2 Å². The summed E-state index contributed by atoms with van der Waals surface area (Å²) < 4.78 is 41.9. The van der Waals surface area contributed by atoms with Gasteiger partial charge in [0.25, 0.3) is 0 Å². The average Bonchev–Trinajstić information content (AvgIpc) is 2.47. The van der Waals surface area contributed by atoms with E-state index in [1.807, 2.05) is 6.92 Å². The highest BCUT2D eigenvalue weighted by Crippen LogP contribution is 2.27. The van der Waals surface area contributed by atoms with Crippen LogP contribution in [0.4, 0.5) is 13.2 Å². The Hall–Kier alpha value is -1.40. The van der Waals surface area contributed by atoms with Gasteiger partial charge in [0.2, 0.25) is 0 Å². The molecule has 1 atom stereocenters. The molecule has 0 amide bonds. The molecule has 1 N–H and O–H groups in total. The maximum Gasteiger partial charge on any atom is 0.146 e. The highest BCUT2D eigenvalue weighted by molar-refractivity contribution is 9.10. The molecule has 1 aromatic heterocycles. The molecule has 2 nitrogen and oxygen atoms in total. The van der Waals surface area contributed by atoms with Crippen molar-refractivity contribution in [2.45, 2.75) is 19.4 Å². The topological polar surface area (TPSA) is 24.9 Å². The van der Waals surface area contributed by atoms with Crippen molar-refractivity contribution in [1.82, 2.24) is 10.3 Å². The molecule has 0 saturated carbocycles. The standard InChI is InChI=1S/C15H14BrF3N2/c1-2-21-14(9-5-6-20-8-13(9)18)7-10-12(17)4-3-11(16)15(10)19/h3-6,8,14,21H,2,7H2,1H3. The summed E-state index contributed by atoms with van der Waals surface area (Å²) >= 11 is 3.03. The van der Waals surface area contributed by atoms with E-state index < -0.39 is 23.5 Å². The fraction of sp³-hybridized carbons (Fsp3) is 0.267. The predicted molar refractivity (Wildman–Crippen MR) is 78.4 cm³/mol. The number of aromatic nitrogens is 1. The summed E-state index contributed by atoms with van der Waals surface area (Å²) in [6.45, 7) is 2.39. The Labute approximate surface area is 129 Å². The number of benzene rings is 1. The van der Waals surface area contributed by atoms with E-state index in [0.29, 0.717) is 12.1 Å². The molecule has 0 saturated heterocycles. The van der Waals surface area contributed by atoms with Crippen LogP contribution in [-0.2, 0) is 6.42 Å². The molecular formula is C15H14BrF3N2. The molecule has 0 spiro atoms. The molecule has 21 heavy (non-hydrogen) atoms. The van der Waals surface area contributed by atoms with Crippen molar-refractivity contribution in [2.75, 3.05) is 6.54 Å². The van der Waals surface area contributed by atoms with Gasteiger partial charge in [0.1, 0.15) is 17.5 Å². The first-order chi connectivity index (χ1) is 10.0. The molecule has 0 radical (unpaired) electrons. The predicted octanol–water partition coefficient (Wildman–Crippen LogP) is 4.15. The maximum atomic E-state index is 14.1. The van der Waals surface area contributed by atoms with Gasteiger partial charge >= 0.3 is 0 Å². The third-order valence-corrected chi connectivity index (χ3v) is 3.79. The molecule has 6 heteroatoms. The fourth-order valence-corrected chi connectivity index (χ4v) is 2.54. The van der Waals surface area contributed by atoms with Gasteiger partial charge in [0.05, 0.1) is 10.7 Å². The molecule has 2 aromatic rings. The van der Waals surface area contributed by atoms with Crippen LogP contribution in [0.3, 0.4) is 0 Å². The molecule has 1 heterocycles. The fourth-order valence-electron chi connectivity index (χ4n) is 2.17. The van der Waals surface area contributed by atoms with Gasteiger partial charge in [-0.1, -0.05) is 6.92 Å². The number of likely N-dealkylation sites (N-methyl/N-ethyl adjacent to an activating group) is 1. The molecule has 0 fully saturated rings. The molecule has 112 valence electrons. The number of nitrogens with zero attached hydrogens (tertiary/aromatic N) is 1. The lowest BCUT2D eigenvalue weighted by molar-refractivity contribution is 0.478. The Bertz CT molecular complexity index is 634. The Morgan fingerprint density at radius 3 is 2.62 bits per heavy atom. The maximum absolute atomic E-state index is 14.1. The first-order valence-electron chi connectivity index (χ1n) is 6.49. The number of nitrogens with one attached hydrogen (secondary N) is 1. The third-order valence-electron chi connectivity index (χ3n) is 3.18. The zero-order valence-corrected chi connectivity index (χ0v) is 12.9. The van der Waals surface area contributed by atoms with Gasteiger partial charge in [-0.05, 0) is 47.1 Å². The lowest BCUT2D eigenvalue weighted by Gasteiger charge is -2.19. The summed E-state index contributed by atoms with van der Waals surface area (Å²) in [5.41, 5.74) is 0.261. The largest absolute Gasteiger partial charge is 0.310 e. The first kappa shape index (κ1) is 16.0. The van der Waals surface area contributed by atoms with Crippen LogP contribution in [0, 0.1) is 17.5 Å². The summed E-state index contributed by atoms with van der Waals surface area (Å²) in [4.78, 5) is 3.69. The van der Waals surface area contributed by atoms with Gasteiger partial charge in [-0.2, -0.15) is 0 Å². The lowest BCUT2D eigenvalue weighted by Crippen LogP contribution is -2.25. The summed E-state index contributed by atoms with van der Waals surface area (Å²) in [6, 6.07) is 3.48. The van der Waals surface area contributed by atoms with E-state index >= 15 is 0 Å². The van der Waals surface area contributed by atoms with Gasteiger partial charge in [-0.15, -0.1) is 0 Å². The minimum atomic E-state index is -0.660. The van der Waals surface area contributed by atoms with Crippen molar-refractivity contribution in [3.05, 3.63) is 63.6 Å². The van der Waals surface area contributed by atoms with Crippen LogP contribution in [0.15, 0.2) is 35.1 Å². The van der Waals surface area contributed by atoms with Crippen LogP contribution >= 0.6 is 15.9 Å². The van der Waals surface area contributed by atoms with Crippen LogP contribution in [0.25, 0.3) is 0 Å². The molecular weight excluding hydrogens is 345 g/mol. The summed E-state index contributed by atoms with van der Waals surface area (Å²) in [5, 5.41) is 3.05. The van der Waals surface area contributed by atoms with Gasteiger partial charge in [0, 0.05) is 23.4 Å². The minimum absolute atomic E-state index is 0.00583. The van der Waals surface area contributed by atoms with E-state index in [1.165, 1.54) is 24.4 Å². The van der Waals surface area contributed by atoms with E-state index in [0.717, 1.165) is 6.20 Å². The first-order valence-corrected chi connectivity index (χ1v) is 7.29. The second kappa shape index (κ2) is 7.04. The van der Waals surface area contributed by atoms with Gasteiger partial charge in [0.15, 0.2) is 0 Å². The summed E-state index contributed by atoms with van der Waals surface area (Å²) in [6.07, 6.45) is 2.55. The van der Waals surface area contributed by atoms with Gasteiger partial charge in [-0.3, -0.25) is 4.98 Å².